The summed E-state index contributed by atoms with van der Waals surface area (Å²) in [5.41, 5.74) is 0. The lowest BCUT2D eigenvalue weighted by molar-refractivity contribution is 0.137. The van der Waals surface area contributed by atoms with Crippen LogP contribution in [0, 0.1) is 17.2 Å². The van der Waals surface area contributed by atoms with Crippen LogP contribution < -0.4 is 0 Å². The number of hydrogen-bond donors (Lipinski definition) is 2. The van der Waals surface area contributed by atoms with Gasteiger partial charge in [-0.05, 0) is 13.3 Å². The van der Waals surface area contributed by atoms with E-state index in [1.54, 1.807) is 0 Å². The SMILES string of the molecule is CCCC(C)C#N.O=C(O)O. The molecule has 1 atom stereocenters. The molecule has 0 spiro atoms. The van der Waals surface area contributed by atoms with E-state index in [2.05, 4.69) is 13.0 Å². The fourth-order valence-corrected chi connectivity index (χ4v) is 0.498. The Morgan fingerprint density at radius 1 is 1.64 bits per heavy atom. The molecule has 2 N–H and O–H groups in total. The maximum atomic E-state index is 8.56. The van der Waals surface area contributed by atoms with Crippen LogP contribution in [0.1, 0.15) is 26.7 Å². The molecule has 0 amide bonds. The maximum Gasteiger partial charge on any atom is 0.503 e. The number of nitriles is 1. The van der Waals surface area contributed by atoms with Gasteiger partial charge in [0.25, 0.3) is 0 Å². The molecule has 0 bridgehead atoms. The van der Waals surface area contributed by atoms with Crippen molar-refractivity contribution in [1.82, 2.24) is 0 Å². The third kappa shape index (κ3) is 28.3. The highest BCUT2D eigenvalue weighted by Gasteiger charge is 1.92. The summed E-state index contributed by atoms with van der Waals surface area (Å²) in [6.45, 7) is 4.04. The molecule has 0 saturated carbocycles. The minimum atomic E-state index is -1.83. The first-order valence-corrected chi connectivity index (χ1v) is 3.36. The van der Waals surface area contributed by atoms with Crippen molar-refractivity contribution in [1.29, 1.82) is 5.26 Å². The molecule has 0 fully saturated rings. The van der Waals surface area contributed by atoms with Crippen LogP contribution in [0.25, 0.3) is 0 Å². The summed E-state index contributed by atoms with van der Waals surface area (Å²) < 4.78 is 0. The van der Waals surface area contributed by atoms with Gasteiger partial charge in [-0.3, -0.25) is 0 Å². The van der Waals surface area contributed by atoms with Crippen molar-refractivity contribution in [3.05, 3.63) is 0 Å². The van der Waals surface area contributed by atoms with Crippen molar-refractivity contribution in [2.24, 2.45) is 5.92 Å². The van der Waals surface area contributed by atoms with Gasteiger partial charge in [0.1, 0.15) is 0 Å². The van der Waals surface area contributed by atoms with Crippen LogP contribution in [0.3, 0.4) is 0 Å². The Morgan fingerprint density at radius 3 is 2.09 bits per heavy atom. The van der Waals surface area contributed by atoms with Crippen LogP contribution in [0.5, 0.6) is 0 Å². The highest BCUT2D eigenvalue weighted by atomic mass is 16.6. The van der Waals surface area contributed by atoms with E-state index >= 15 is 0 Å². The Morgan fingerprint density at radius 2 is 2.00 bits per heavy atom. The largest absolute Gasteiger partial charge is 0.503 e. The highest BCUT2D eigenvalue weighted by molar-refractivity contribution is 5.53. The van der Waals surface area contributed by atoms with Crippen molar-refractivity contribution in [2.45, 2.75) is 26.7 Å². The molecule has 0 aliphatic heterocycles. The topological polar surface area (TPSA) is 81.3 Å². The van der Waals surface area contributed by atoms with Crippen molar-refractivity contribution in [2.75, 3.05) is 0 Å². The van der Waals surface area contributed by atoms with Gasteiger partial charge in [0.2, 0.25) is 0 Å². The minimum absolute atomic E-state index is 0.255. The van der Waals surface area contributed by atoms with Crippen LogP contribution in [0.2, 0.25) is 0 Å². The normalized spacial score (nSPS) is 10.3. The lowest BCUT2D eigenvalue weighted by Gasteiger charge is -1.92. The smallest absolute Gasteiger partial charge is 0.450 e. The van der Waals surface area contributed by atoms with Gasteiger partial charge in [-0.2, -0.15) is 5.26 Å². The van der Waals surface area contributed by atoms with Crippen LogP contribution in [0.15, 0.2) is 0 Å². The Hall–Kier alpha value is -1.24. The Balaban J connectivity index is 0. The van der Waals surface area contributed by atoms with E-state index in [-0.39, 0.29) is 5.92 Å². The summed E-state index contributed by atoms with van der Waals surface area (Å²) in [5, 5.41) is 22.2. The minimum Gasteiger partial charge on any atom is -0.450 e. The summed E-state index contributed by atoms with van der Waals surface area (Å²) in [6, 6.07) is 2.17. The summed E-state index contributed by atoms with van der Waals surface area (Å²) >= 11 is 0. The predicted octanol–water partition coefficient (Wildman–Crippen LogP) is 2.17. The number of carboxylic acid groups (broad SMARTS) is 2. The predicted molar refractivity (Wildman–Crippen MR) is 40.3 cm³/mol. The zero-order valence-corrected chi connectivity index (χ0v) is 6.74. The molecule has 64 valence electrons. The van der Waals surface area contributed by atoms with Crippen molar-refractivity contribution < 1.29 is 15.0 Å². The first-order valence-electron chi connectivity index (χ1n) is 3.36. The van der Waals surface area contributed by atoms with Gasteiger partial charge in [-0.1, -0.05) is 13.3 Å². The fraction of sp³-hybridized carbons (Fsp3) is 0.714. The Kier molecular flexibility index (Phi) is 9.90. The molecule has 0 aliphatic rings. The first kappa shape index (κ1) is 12.4. The number of rotatable bonds is 2. The Labute approximate surface area is 66.1 Å². The first-order chi connectivity index (χ1) is 5.04. The second-order valence-electron chi connectivity index (χ2n) is 2.10. The van der Waals surface area contributed by atoms with Crippen molar-refractivity contribution in [3.8, 4) is 6.07 Å². The van der Waals surface area contributed by atoms with Crippen molar-refractivity contribution >= 4 is 6.16 Å². The molecule has 0 saturated heterocycles. The average Bonchev–Trinajstić information content (AvgIpc) is 1.87. The molecule has 4 heteroatoms. The highest BCUT2D eigenvalue weighted by Crippen LogP contribution is 2.00. The third-order valence-corrected chi connectivity index (χ3v) is 0.942. The van der Waals surface area contributed by atoms with Crippen LogP contribution in [0.4, 0.5) is 4.79 Å². The molecule has 11 heavy (non-hydrogen) atoms. The zero-order valence-electron chi connectivity index (χ0n) is 6.74. The number of carbonyl (C=O) groups is 1. The molecular formula is C7H13NO3. The number of hydrogen-bond acceptors (Lipinski definition) is 2. The van der Waals surface area contributed by atoms with Crippen LogP contribution in [-0.4, -0.2) is 16.4 Å². The van der Waals surface area contributed by atoms with Crippen LogP contribution in [-0.2, 0) is 0 Å². The molecule has 0 aromatic carbocycles. The molecule has 0 rings (SSSR count). The van der Waals surface area contributed by atoms with E-state index in [0.29, 0.717) is 0 Å². The monoisotopic (exact) mass is 159 g/mol. The average molecular weight is 159 g/mol. The summed E-state index contributed by atoms with van der Waals surface area (Å²) in [7, 11) is 0. The molecule has 0 aliphatic carbocycles. The van der Waals surface area contributed by atoms with Crippen molar-refractivity contribution in [3.63, 3.8) is 0 Å². The van der Waals surface area contributed by atoms with E-state index in [4.69, 9.17) is 20.3 Å². The summed E-state index contributed by atoms with van der Waals surface area (Å²) in [5.74, 6) is 0.255. The van der Waals surface area contributed by atoms with E-state index in [0.717, 1.165) is 12.8 Å². The summed E-state index contributed by atoms with van der Waals surface area (Å²) in [6.07, 6.45) is 0.325. The van der Waals surface area contributed by atoms with Gasteiger partial charge in [0.05, 0.1) is 6.07 Å². The molecular weight excluding hydrogens is 146 g/mol. The van der Waals surface area contributed by atoms with Gasteiger partial charge in [-0.15, -0.1) is 0 Å². The second kappa shape index (κ2) is 8.76. The Bertz CT molecular complexity index is 135. The van der Waals surface area contributed by atoms with Gasteiger partial charge in [0.15, 0.2) is 0 Å². The second-order valence-corrected chi connectivity index (χ2v) is 2.10. The molecule has 0 heterocycles. The lowest BCUT2D eigenvalue weighted by Crippen LogP contribution is -1.85. The van der Waals surface area contributed by atoms with Gasteiger partial charge in [0, 0.05) is 5.92 Å². The van der Waals surface area contributed by atoms with E-state index in [9.17, 15) is 0 Å². The fourth-order valence-electron chi connectivity index (χ4n) is 0.498. The lowest BCUT2D eigenvalue weighted by atomic mass is 10.1. The van der Waals surface area contributed by atoms with E-state index in [1.807, 2.05) is 6.92 Å². The quantitative estimate of drug-likeness (QED) is 0.646. The third-order valence-electron chi connectivity index (χ3n) is 0.942. The summed E-state index contributed by atoms with van der Waals surface area (Å²) in [4.78, 5) is 8.56. The van der Waals surface area contributed by atoms with Gasteiger partial charge < -0.3 is 10.2 Å². The molecule has 1 unspecified atom stereocenters. The van der Waals surface area contributed by atoms with E-state index in [1.165, 1.54) is 0 Å². The number of nitrogens with zero attached hydrogens (tertiary/aromatic N) is 1. The molecule has 0 aromatic rings. The molecule has 4 nitrogen and oxygen atoms in total. The zero-order chi connectivity index (χ0) is 9.28. The van der Waals surface area contributed by atoms with Gasteiger partial charge >= 0.3 is 6.16 Å². The standard InChI is InChI=1S/C6H11N.CH2O3/c1-3-4-6(2)5-7;2-1(3)4/h6H,3-4H2,1-2H3;(H2,2,3,4). The van der Waals surface area contributed by atoms with Crippen LogP contribution >= 0.6 is 0 Å². The van der Waals surface area contributed by atoms with E-state index < -0.39 is 6.16 Å². The molecule has 0 radical (unpaired) electrons. The van der Waals surface area contributed by atoms with Gasteiger partial charge in [-0.25, -0.2) is 4.79 Å². The molecule has 0 aromatic heterocycles. The maximum absolute atomic E-state index is 8.56.